The van der Waals surface area contributed by atoms with Gasteiger partial charge in [0.1, 0.15) is 17.5 Å². The van der Waals surface area contributed by atoms with Crippen LogP contribution >= 0.6 is 34.8 Å². The molecule has 6 rings (SSSR count). The molecule has 0 amide bonds. The fourth-order valence-electron chi connectivity index (χ4n) is 5.22. The minimum absolute atomic E-state index is 0.135. The fourth-order valence-corrected chi connectivity index (χ4v) is 5.92. The SMILES string of the molecule is O=C(OC(=O)C1(c2ccc(-c3ccc(F)c(Cl)c3)c(F)c2)CC1)C1(c2ccc(-c3cc(Cl)cc(Cl)c3)c(F)c2)CC1. The van der Waals surface area contributed by atoms with Crippen LogP contribution in [-0.2, 0) is 25.2 Å². The Morgan fingerprint density at radius 1 is 0.585 bits per heavy atom. The number of esters is 2. The van der Waals surface area contributed by atoms with Crippen LogP contribution in [0.15, 0.2) is 72.8 Å². The van der Waals surface area contributed by atoms with Crippen LogP contribution in [0.2, 0.25) is 15.1 Å². The molecule has 208 valence electrons. The molecule has 2 fully saturated rings. The number of hydrogen-bond acceptors (Lipinski definition) is 3. The third-order valence-corrected chi connectivity index (χ3v) is 8.64. The third kappa shape index (κ3) is 5.03. The number of rotatable bonds is 6. The van der Waals surface area contributed by atoms with Crippen molar-refractivity contribution in [2.75, 3.05) is 0 Å². The first-order valence-electron chi connectivity index (χ1n) is 12.8. The smallest absolute Gasteiger partial charge is 0.324 e. The highest BCUT2D eigenvalue weighted by molar-refractivity contribution is 6.35. The van der Waals surface area contributed by atoms with E-state index in [9.17, 15) is 14.0 Å². The molecule has 2 aliphatic rings. The summed E-state index contributed by atoms with van der Waals surface area (Å²) in [5, 5.41) is 0.587. The Labute approximate surface area is 248 Å². The second kappa shape index (κ2) is 10.2. The quantitative estimate of drug-likeness (QED) is 0.160. The molecule has 0 saturated heterocycles. The topological polar surface area (TPSA) is 43.4 Å². The van der Waals surface area contributed by atoms with Gasteiger partial charge in [0.15, 0.2) is 0 Å². The first-order valence-corrected chi connectivity index (χ1v) is 13.9. The number of benzene rings is 4. The molecule has 0 aromatic heterocycles. The minimum Gasteiger partial charge on any atom is -0.392 e. The molecule has 0 N–H and O–H groups in total. The second-order valence-corrected chi connectivity index (χ2v) is 11.8. The van der Waals surface area contributed by atoms with E-state index in [-0.39, 0.29) is 16.1 Å². The summed E-state index contributed by atoms with van der Waals surface area (Å²) in [6, 6.07) is 17.4. The van der Waals surface area contributed by atoms with Crippen LogP contribution in [0.4, 0.5) is 13.2 Å². The molecule has 0 heterocycles. The largest absolute Gasteiger partial charge is 0.392 e. The first-order chi connectivity index (χ1) is 19.5. The van der Waals surface area contributed by atoms with Gasteiger partial charge in [-0.2, -0.15) is 0 Å². The van der Waals surface area contributed by atoms with E-state index in [1.807, 2.05) is 0 Å². The highest BCUT2D eigenvalue weighted by atomic mass is 35.5. The molecular weight excluding hydrogens is 596 g/mol. The minimum atomic E-state index is -1.15. The van der Waals surface area contributed by atoms with E-state index in [2.05, 4.69) is 0 Å². The van der Waals surface area contributed by atoms with Gasteiger partial charge in [-0.25, -0.2) is 13.2 Å². The normalized spacial score (nSPS) is 16.2. The second-order valence-electron chi connectivity index (χ2n) is 10.5. The number of carbonyl (C=O) groups excluding carboxylic acids is 2. The summed E-state index contributed by atoms with van der Waals surface area (Å²) in [5.74, 6) is -3.33. The Bertz CT molecular complexity index is 1730. The molecule has 0 spiro atoms. The van der Waals surface area contributed by atoms with Crippen LogP contribution in [0.5, 0.6) is 0 Å². The molecule has 4 aromatic rings. The van der Waals surface area contributed by atoms with E-state index >= 15 is 8.78 Å². The van der Waals surface area contributed by atoms with Gasteiger partial charge < -0.3 is 4.74 Å². The zero-order valence-corrected chi connectivity index (χ0v) is 23.5. The van der Waals surface area contributed by atoms with Crippen molar-refractivity contribution >= 4 is 46.7 Å². The summed E-state index contributed by atoms with van der Waals surface area (Å²) >= 11 is 18.0. The van der Waals surface area contributed by atoms with E-state index in [4.69, 9.17) is 39.5 Å². The standard InChI is InChI=1S/C32H20Cl3F3O3/c33-21-11-18(12-22(34)16-21)24-5-3-20(15-28(24)38)32(9-10-32)30(40)41-29(39)31(7-8-31)19-2-4-23(27(37)14-19)17-1-6-26(36)25(35)13-17/h1-6,11-16H,7-10H2. The van der Waals surface area contributed by atoms with Crippen LogP contribution < -0.4 is 0 Å². The molecule has 2 aliphatic carbocycles. The fraction of sp³-hybridized carbons (Fsp3) is 0.188. The predicted molar refractivity (Wildman–Crippen MR) is 152 cm³/mol. The molecule has 41 heavy (non-hydrogen) atoms. The van der Waals surface area contributed by atoms with E-state index < -0.39 is 40.2 Å². The van der Waals surface area contributed by atoms with Crippen molar-refractivity contribution in [3.05, 3.63) is 116 Å². The van der Waals surface area contributed by atoms with Crippen LogP contribution in [0, 0.1) is 17.5 Å². The zero-order chi connectivity index (χ0) is 29.1. The summed E-state index contributed by atoms with van der Waals surface area (Å²) in [7, 11) is 0. The molecule has 9 heteroatoms. The molecule has 2 saturated carbocycles. The third-order valence-electron chi connectivity index (χ3n) is 7.91. The van der Waals surface area contributed by atoms with Crippen molar-refractivity contribution in [1.29, 1.82) is 0 Å². The molecule has 0 aliphatic heterocycles. The maximum atomic E-state index is 15.2. The van der Waals surface area contributed by atoms with Crippen molar-refractivity contribution in [3.63, 3.8) is 0 Å². The van der Waals surface area contributed by atoms with Gasteiger partial charge in [0, 0.05) is 21.2 Å². The Morgan fingerprint density at radius 3 is 1.51 bits per heavy atom. The molecule has 0 bridgehead atoms. The molecule has 4 aromatic carbocycles. The summed E-state index contributed by atoms with van der Waals surface area (Å²) in [6.07, 6.45) is 1.58. The lowest BCUT2D eigenvalue weighted by Gasteiger charge is -2.19. The number of hydrogen-bond donors (Lipinski definition) is 0. The van der Waals surface area contributed by atoms with Crippen molar-refractivity contribution in [1.82, 2.24) is 0 Å². The highest BCUT2D eigenvalue weighted by Gasteiger charge is 2.58. The molecule has 0 atom stereocenters. The first kappa shape index (κ1) is 27.8. The Morgan fingerprint density at radius 2 is 1.07 bits per heavy atom. The monoisotopic (exact) mass is 614 g/mol. The molecule has 0 unspecified atom stereocenters. The molecular formula is C32H20Cl3F3O3. The molecule has 0 radical (unpaired) electrons. The van der Waals surface area contributed by atoms with Gasteiger partial charge in [-0.15, -0.1) is 0 Å². The molecule has 3 nitrogen and oxygen atoms in total. The summed E-state index contributed by atoms with van der Waals surface area (Å²) < 4.78 is 49.2. The van der Waals surface area contributed by atoms with Crippen LogP contribution in [0.1, 0.15) is 36.8 Å². The maximum Gasteiger partial charge on any atom is 0.324 e. The predicted octanol–water partition coefficient (Wildman–Crippen LogP) is 9.23. The maximum absolute atomic E-state index is 15.2. The van der Waals surface area contributed by atoms with Crippen LogP contribution in [-0.4, -0.2) is 11.9 Å². The van der Waals surface area contributed by atoms with Gasteiger partial charge in [-0.05, 0) is 90.4 Å². The Hall–Kier alpha value is -3.32. The average Bonchev–Trinajstić information content (AvgIpc) is 3.84. The lowest BCUT2D eigenvalue weighted by molar-refractivity contribution is -0.163. The summed E-state index contributed by atoms with van der Waals surface area (Å²) in [4.78, 5) is 26.5. The summed E-state index contributed by atoms with van der Waals surface area (Å²) in [6.45, 7) is 0. The van der Waals surface area contributed by atoms with Crippen molar-refractivity contribution in [2.45, 2.75) is 36.5 Å². The van der Waals surface area contributed by atoms with Crippen molar-refractivity contribution in [3.8, 4) is 22.3 Å². The van der Waals surface area contributed by atoms with Gasteiger partial charge in [-0.1, -0.05) is 65.1 Å². The van der Waals surface area contributed by atoms with Crippen LogP contribution in [0.25, 0.3) is 22.3 Å². The van der Waals surface area contributed by atoms with E-state index in [1.165, 1.54) is 30.3 Å². The van der Waals surface area contributed by atoms with E-state index in [0.29, 0.717) is 58.0 Å². The van der Waals surface area contributed by atoms with Crippen LogP contribution in [0.3, 0.4) is 0 Å². The van der Waals surface area contributed by atoms with Gasteiger partial charge in [0.05, 0.1) is 15.9 Å². The van der Waals surface area contributed by atoms with Crippen molar-refractivity contribution in [2.24, 2.45) is 0 Å². The van der Waals surface area contributed by atoms with Gasteiger partial charge in [0.25, 0.3) is 0 Å². The Balaban J connectivity index is 1.21. The van der Waals surface area contributed by atoms with E-state index in [0.717, 1.165) is 6.07 Å². The zero-order valence-electron chi connectivity index (χ0n) is 21.2. The lowest BCUT2D eigenvalue weighted by Crippen LogP contribution is -2.32. The number of carbonyl (C=O) groups is 2. The van der Waals surface area contributed by atoms with E-state index in [1.54, 1.807) is 36.4 Å². The van der Waals surface area contributed by atoms with Gasteiger partial charge in [0.2, 0.25) is 0 Å². The Kier molecular flexibility index (Phi) is 6.92. The van der Waals surface area contributed by atoms with Gasteiger partial charge in [-0.3, -0.25) is 9.59 Å². The number of ether oxygens (including phenoxy) is 1. The van der Waals surface area contributed by atoms with Crippen molar-refractivity contribution < 1.29 is 27.5 Å². The van der Waals surface area contributed by atoms with Gasteiger partial charge >= 0.3 is 11.9 Å². The highest BCUT2D eigenvalue weighted by Crippen LogP contribution is 2.53. The lowest BCUT2D eigenvalue weighted by atomic mass is 9.92. The number of halogens is 6. The summed E-state index contributed by atoms with van der Waals surface area (Å²) in [5.41, 5.74) is -0.156. The average molecular weight is 616 g/mol.